The molecule has 4 N–H and O–H groups in total. The average molecular weight is 716 g/mol. The number of nitrogens with zero attached hydrogens (tertiary/aromatic N) is 1. The number of anilines is 4. The highest BCUT2D eigenvalue weighted by Gasteiger charge is 2.14. The summed E-state index contributed by atoms with van der Waals surface area (Å²) in [5.41, 5.74) is 11.3. The van der Waals surface area contributed by atoms with Gasteiger partial charge in [-0.05, 0) is 92.9 Å². The maximum atomic E-state index is 6.02. The maximum Gasteiger partial charge on any atom is 0.173 e. The third-order valence-electron chi connectivity index (χ3n) is 7.33. The van der Waals surface area contributed by atoms with Crippen molar-refractivity contribution >= 4 is 69.8 Å². The molecule has 250 valence electrons. The minimum absolute atomic E-state index is 0.526. The summed E-state index contributed by atoms with van der Waals surface area (Å²) in [4.78, 5) is 8.20. The average Bonchev–Trinajstić information content (AvgIpc) is 3.06. The zero-order valence-electron chi connectivity index (χ0n) is 27.9. The molecule has 4 aromatic rings. The fourth-order valence-corrected chi connectivity index (χ4v) is 7.71. The summed E-state index contributed by atoms with van der Waals surface area (Å²) in [5, 5.41) is 13.8. The Kier molecular flexibility index (Phi) is 12.4. The van der Waals surface area contributed by atoms with Crippen LogP contribution in [0.4, 0.5) is 22.9 Å². The summed E-state index contributed by atoms with van der Waals surface area (Å²) in [6.45, 7) is 21.4. The number of benzene rings is 3. The van der Waals surface area contributed by atoms with Gasteiger partial charge in [0.15, 0.2) is 11.6 Å². The van der Waals surface area contributed by atoms with E-state index in [0.29, 0.717) is 6.61 Å². The summed E-state index contributed by atoms with van der Waals surface area (Å²) in [5.74, 6) is 4.66. The molecule has 4 aliphatic heterocycles. The summed E-state index contributed by atoms with van der Waals surface area (Å²) in [7, 11) is 0. The van der Waals surface area contributed by atoms with Crippen LogP contribution >= 0.6 is 46.9 Å². The van der Waals surface area contributed by atoms with Crippen molar-refractivity contribution in [3.05, 3.63) is 125 Å². The van der Waals surface area contributed by atoms with E-state index in [0.717, 1.165) is 68.7 Å². The van der Waals surface area contributed by atoms with Crippen LogP contribution in [0.15, 0.2) is 112 Å². The lowest BCUT2D eigenvalue weighted by Gasteiger charge is -2.20. The number of halogens is 1. The van der Waals surface area contributed by atoms with E-state index in [1.165, 1.54) is 42.9 Å². The van der Waals surface area contributed by atoms with Crippen LogP contribution in [0.5, 0.6) is 5.75 Å². The molecule has 0 aliphatic carbocycles. The Morgan fingerprint density at radius 2 is 1.31 bits per heavy atom. The minimum Gasteiger partial charge on any atom is -0.484 e. The molecule has 0 radical (unpaired) electrons. The molecular formula is C38H42ClN5OS3. The molecule has 10 heteroatoms. The number of aryl methyl sites for hydroxylation is 4. The van der Waals surface area contributed by atoms with Gasteiger partial charge >= 0.3 is 0 Å². The van der Waals surface area contributed by atoms with Gasteiger partial charge in [0.2, 0.25) is 0 Å². The number of hydrogen-bond donors (Lipinski definition) is 4. The summed E-state index contributed by atoms with van der Waals surface area (Å²) < 4.78 is 5.37. The lowest BCUT2D eigenvalue weighted by Crippen LogP contribution is -2.16. The molecule has 0 atom stereocenters. The van der Waals surface area contributed by atoms with Crippen molar-refractivity contribution in [2.45, 2.75) is 42.4 Å². The Balaban J connectivity index is 0.000000125. The number of rotatable bonds is 0. The SMILES string of the molecule is C=C1COc2ccc(C)nc2N1.C=C1CSc2cc(Cl)c(C)cc2N1.C=C1CSc2ccc(C)cc2N1.Cc1ccc2c(c1)NCCS2. The van der Waals surface area contributed by atoms with Crippen molar-refractivity contribution in [3.63, 3.8) is 0 Å². The fourth-order valence-electron chi connectivity index (χ4n) is 4.90. The maximum absolute atomic E-state index is 6.02. The molecular weight excluding hydrogens is 674 g/mol. The first-order valence-corrected chi connectivity index (χ1v) is 19.0. The van der Waals surface area contributed by atoms with Crippen LogP contribution in [-0.2, 0) is 0 Å². The highest BCUT2D eigenvalue weighted by molar-refractivity contribution is 8.00. The zero-order chi connectivity index (χ0) is 34.2. The molecule has 5 heterocycles. The normalized spacial score (nSPS) is 15.1. The van der Waals surface area contributed by atoms with Crippen LogP contribution in [0.1, 0.15) is 22.4 Å². The van der Waals surface area contributed by atoms with Crippen LogP contribution in [0.25, 0.3) is 0 Å². The zero-order valence-corrected chi connectivity index (χ0v) is 31.1. The van der Waals surface area contributed by atoms with Crippen LogP contribution in [0, 0.1) is 27.7 Å². The molecule has 4 aliphatic rings. The largest absolute Gasteiger partial charge is 0.484 e. The number of ether oxygens (including phenoxy) is 1. The highest BCUT2D eigenvalue weighted by atomic mass is 35.5. The standard InChI is InChI=1S/C10H10ClNS.C10H11NS.C9H10N2O.C9H11NS/c1-6-3-9-10(4-8(6)11)13-5-7(2)12-9;1-7-3-4-10-9(5-7)11-8(2)6-12-10;1-6-3-4-8-9(10-6)11-7(2)5-12-8;1-7-2-3-9-8(6-7)10-4-5-11-9/h3-4,12H,2,5H2,1H3;3-5,11H,2,6H2,1H3;3-4H,2,5H2,1H3,(H,10,11);2-3,6,10H,4-5H2,1H3. The fraction of sp³-hybridized carbons (Fsp3) is 0.237. The molecule has 3 aromatic carbocycles. The monoisotopic (exact) mass is 715 g/mol. The van der Waals surface area contributed by atoms with Crippen LogP contribution < -0.4 is 26.0 Å². The first-order valence-electron chi connectivity index (χ1n) is 15.6. The lowest BCUT2D eigenvalue weighted by atomic mass is 10.2. The van der Waals surface area contributed by atoms with E-state index in [1.807, 2.05) is 55.6 Å². The van der Waals surface area contributed by atoms with Gasteiger partial charge in [0.1, 0.15) is 6.61 Å². The number of hydrogen-bond acceptors (Lipinski definition) is 9. The second kappa shape index (κ2) is 16.7. The molecule has 0 unspecified atom stereocenters. The van der Waals surface area contributed by atoms with Crippen molar-refractivity contribution in [3.8, 4) is 5.75 Å². The Hall–Kier alpha value is -3.63. The highest BCUT2D eigenvalue weighted by Crippen LogP contribution is 2.37. The van der Waals surface area contributed by atoms with Gasteiger partial charge in [-0.1, -0.05) is 43.5 Å². The van der Waals surface area contributed by atoms with Gasteiger partial charge in [0.25, 0.3) is 0 Å². The van der Waals surface area contributed by atoms with Crippen molar-refractivity contribution in [2.75, 3.05) is 51.7 Å². The van der Waals surface area contributed by atoms with Crippen molar-refractivity contribution in [1.82, 2.24) is 4.98 Å². The Labute approximate surface area is 302 Å². The molecule has 8 rings (SSSR count). The predicted octanol–water partition coefficient (Wildman–Crippen LogP) is 10.9. The smallest absolute Gasteiger partial charge is 0.173 e. The van der Waals surface area contributed by atoms with Gasteiger partial charge in [-0.25, -0.2) is 4.98 Å². The molecule has 0 amide bonds. The van der Waals surface area contributed by atoms with Gasteiger partial charge in [-0.3, -0.25) is 0 Å². The van der Waals surface area contributed by atoms with Crippen molar-refractivity contribution < 1.29 is 4.74 Å². The molecule has 0 saturated heterocycles. The van der Waals surface area contributed by atoms with Crippen LogP contribution in [0.2, 0.25) is 5.02 Å². The number of thioether (sulfide) groups is 3. The van der Waals surface area contributed by atoms with E-state index in [4.69, 9.17) is 16.3 Å². The van der Waals surface area contributed by atoms with Gasteiger partial charge in [0.05, 0.1) is 11.4 Å². The second-order valence-corrected chi connectivity index (χ2v) is 15.3. The Bertz CT molecular complexity index is 1780. The number of fused-ring (bicyclic) bond motifs is 4. The molecule has 1 aromatic heterocycles. The van der Waals surface area contributed by atoms with Crippen molar-refractivity contribution in [2.24, 2.45) is 0 Å². The van der Waals surface area contributed by atoms with E-state index in [2.05, 4.69) is 102 Å². The third kappa shape index (κ3) is 9.95. The summed E-state index contributed by atoms with van der Waals surface area (Å²) >= 11 is 11.6. The predicted molar refractivity (Wildman–Crippen MR) is 212 cm³/mol. The van der Waals surface area contributed by atoms with Gasteiger partial charge in [-0.2, -0.15) is 0 Å². The van der Waals surface area contributed by atoms with Crippen molar-refractivity contribution in [1.29, 1.82) is 0 Å². The quantitative estimate of drug-likeness (QED) is 0.142. The molecule has 0 fully saturated rings. The number of pyridine rings is 1. The van der Waals surface area contributed by atoms with Gasteiger partial charge in [0, 0.05) is 72.0 Å². The lowest BCUT2D eigenvalue weighted by molar-refractivity contribution is 0.344. The number of nitrogens with one attached hydrogen (secondary N) is 4. The first-order chi connectivity index (χ1) is 23.0. The summed E-state index contributed by atoms with van der Waals surface area (Å²) in [6.07, 6.45) is 0. The second-order valence-electron chi connectivity index (χ2n) is 11.7. The number of aromatic nitrogens is 1. The minimum atomic E-state index is 0.526. The Morgan fingerprint density at radius 1 is 0.688 bits per heavy atom. The molecule has 6 nitrogen and oxygen atoms in total. The first kappa shape index (κ1) is 35.7. The third-order valence-corrected chi connectivity index (χ3v) is 11.1. The molecule has 0 saturated carbocycles. The van der Waals surface area contributed by atoms with Crippen LogP contribution in [0.3, 0.4) is 0 Å². The molecule has 48 heavy (non-hydrogen) atoms. The molecule has 0 spiro atoms. The van der Waals surface area contributed by atoms with Gasteiger partial charge in [-0.15, -0.1) is 35.3 Å². The topological polar surface area (TPSA) is 70.2 Å². The van der Waals surface area contributed by atoms with E-state index in [-0.39, 0.29) is 0 Å². The van der Waals surface area contributed by atoms with E-state index < -0.39 is 0 Å². The van der Waals surface area contributed by atoms with Crippen LogP contribution in [-0.4, -0.2) is 35.4 Å². The van der Waals surface area contributed by atoms with Gasteiger partial charge < -0.3 is 26.0 Å². The van der Waals surface area contributed by atoms with E-state index in [9.17, 15) is 0 Å². The Morgan fingerprint density at radius 3 is 2.02 bits per heavy atom. The molecule has 0 bridgehead atoms. The van der Waals surface area contributed by atoms with E-state index in [1.54, 1.807) is 11.8 Å². The summed E-state index contributed by atoms with van der Waals surface area (Å²) in [6, 6.07) is 20.9. The van der Waals surface area contributed by atoms with E-state index >= 15 is 0 Å².